The number of benzene rings is 2. The maximum Gasteiger partial charge on any atom is 0.261 e. The predicted octanol–water partition coefficient (Wildman–Crippen LogP) is 4.37. The van der Waals surface area contributed by atoms with E-state index in [1.54, 1.807) is 31.4 Å². The second-order valence-corrected chi connectivity index (χ2v) is 7.40. The van der Waals surface area contributed by atoms with Crippen molar-refractivity contribution in [2.75, 3.05) is 26.7 Å². The normalized spacial score (nSPS) is 13.3. The number of amides is 2. The fourth-order valence-corrected chi connectivity index (χ4v) is 3.82. The third-order valence-corrected chi connectivity index (χ3v) is 5.52. The van der Waals surface area contributed by atoms with E-state index < -0.39 is 0 Å². The van der Waals surface area contributed by atoms with E-state index in [2.05, 4.69) is 17.9 Å². The molecule has 0 spiro atoms. The van der Waals surface area contributed by atoms with Crippen LogP contribution in [0.15, 0.2) is 48.5 Å². The molecule has 0 saturated heterocycles. The molecule has 2 aromatic rings. The number of imide groups is 1. The molecule has 5 heteroatoms. The molecular formula is C24H30N2O3. The lowest BCUT2D eigenvalue weighted by Crippen LogP contribution is -2.30. The smallest absolute Gasteiger partial charge is 0.261 e. The van der Waals surface area contributed by atoms with Crippen LogP contribution in [0.25, 0.3) is 0 Å². The SMILES string of the molecule is CCN(CCCCCCN1C(=O)c2ccccc2C1=O)Cc1ccccc1OC. The number of methoxy groups -OCH3 is 1. The molecule has 0 aliphatic carbocycles. The zero-order valence-electron chi connectivity index (χ0n) is 17.4. The molecule has 3 rings (SSSR count). The Bertz CT molecular complexity index is 815. The van der Waals surface area contributed by atoms with Gasteiger partial charge >= 0.3 is 0 Å². The van der Waals surface area contributed by atoms with Crippen LogP contribution in [-0.4, -0.2) is 48.4 Å². The van der Waals surface area contributed by atoms with E-state index in [1.807, 2.05) is 18.2 Å². The molecular weight excluding hydrogens is 364 g/mol. The van der Waals surface area contributed by atoms with Gasteiger partial charge in [-0.3, -0.25) is 19.4 Å². The highest BCUT2D eigenvalue weighted by Gasteiger charge is 2.34. The summed E-state index contributed by atoms with van der Waals surface area (Å²) in [5.74, 6) is 0.631. The Hall–Kier alpha value is -2.66. The summed E-state index contributed by atoms with van der Waals surface area (Å²) in [6, 6.07) is 15.2. The third kappa shape index (κ3) is 5.04. The van der Waals surface area contributed by atoms with Crippen molar-refractivity contribution < 1.29 is 14.3 Å². The number of unbranched alkanes of at least 4 members (excludes halogenated alkanes) is 3. The topological polar surface area (TPSA) is 49.9 Å². The minimum Gasteiger partial charge on any atom is -0.496 e. The molecule has 1 heterocycles. The van der Waals surface area contributed by atoms with Crippen LogP contribution in [0.1, 0.15) is 58.9 Å². The first kappa shape index (κ1) is 21.1. The molecule has 2 amide bonds. The largest absolute Gasteiger partial charge is 0.496 e. The van der Waals surface area contributed by atoms with Crippen molar-refractivity contribution >= 4 is 11.8 Å². The highest BCUT2D eigenvalue weighted by Crippen LogP contribution is 2.23. The number of carbonyl (C=O) groups is 2. The summed E-state index contributed by atoms with van der Waals surface area (Å²) >= 11 is 0. The molecule has 0 bridgehead atoms. The molecule has 5 nitrogen and oxygen atoms in total. The van der Waals surface area contributed by atoms with E-state index in [1.165, 1.54) is 10.5 Å². The monoisotopic (exact) mass is 394 g/mol. The van der Waals surface area contributed by atoms with Gasteiger partial charge in [0.05, 0.1) is 18.2 Å². The summed E-state index contributed by atoms with van der Waals surface area (Å²) in [6.45, 7) is 5.59. The third-order valence-electron chi connectivity index (χ3n) is 5.52. The van der Waals surface area contributed by atoms with E-state index in [9.17, 15) is 9.59 Å². The molecule has 0 N–H and O–H groups in total. The molecule has 0 fully saturated rings. The number of fused-ring (bicyclic) bond motifs is 1. The second-order valence-electron chi connectivity index (χ2n) is 7.40. The van der Waals surface area contributed by atoms with Crippen LogP contribution in [0.5, 0.6) is 5.75 Å². The molecule has 0 unspecified atom stereocenters. The fraction of sp³-hybridized carbons (Fsp3) is 0.417. The van der Waals surface area contributed by atoms with Crippen LogP contribution in [-0.2, 0) is 6.54 Å². The fourth-order valence-electron chi connectivity index (χ4n) is 3.82. The minimum absolute atomic E-state index is 0.153. The van der Waals surface area contributed by atoms with Crippen molar-refractivity contribution in [1.82, 2.24) is 9.80 Å². The molecule has 154 valence electrons. The maximum absolute atomic E-state index is 12.4. The van der Waals surface area contributed by atoms with E-state index in [0.717, 1.165) is 51.1 Å². The van der Waals surface area contributed by atoms with Crippen molar-refractivity contribution in [3.05, 3.63) is 65.2 Å². The zero-order valence-corrected chi connectivity index (χ0v) is 17.4. The molecule has 0 aromatic heterocycles. The molecule has 29 heavy (non-hydrogen) atoms. The number of ether oxygens (including phenoxy) is 1. The van der Waals surface area contributed by atoms with Gasteiger partial charge in [0.2, 0.25) is 0 Å². The highest BCUT2D eigenvalue weighted by atomic mass is 16.5. The number of hydrogen-bond acceptors (Lipinski definition) is 4. The first-order valence-electron chi connectivity index (χ1n) is 10.4. The average Bonchev–Trinajstić information content (AvgIpc) is 3.00. The lowest BCUT2D eigenvalue weighted by Gasteiger charge is -2.21. The van der Waals surface area contributed by atoms with Crippen molar-refractivity contribution in [1.29, 1.82) is 0 Å². The van der Waals surface area contributed by atoms with Gasteiger partial charge in [0, 0.05) is 18.7 Å². The van der Waals surface area contributed by atoms with Crippen molar-refractivity contribution in [3.8, 4) is 5.75 Å². The first-order valence-corrected chi connectivity index (χ1v) is 10.4. The lowest BCUT2D eigenvalue weighted by atomic mass is 10.1. The Balaban J connectivity index is 1.37. The minimum atomic E-state index is -0.153. The molecule has 2 aromatic carbocycles. The number of rotatable bonds is 11. The van der Waals surface area contributed by atoms with E-state index >= 15 is 0 Å². The van der Waals surface area contributed by atoms with Crippen LogP contribution in [0.4, 0.5) is 0 Å². The standard InChI is InChI=1S/C24H30N2O3/c1-3-25(18-19-12-6-9-15-22(19)29-2)16-10-4-5-11-17-26-23(27)20-13-7-8-14-21(20)24(26)28/h6-9,12-15H,3-5,10-11,16-18H2,1-2H3. The Morgan fingerprint density at radius 1 is 0.862 bits per heavy atom. The van der Waals surface area contributed by atoms with Crippen molar-refractivity contribution in [2.45, 2.75) is 39.2 Å². The van der Waals surface area contributed by atoms with E-state index in [4.69, 9.17) is 4.74 Å². The van der Waals surface area contributed by atoms with Gasteiger partial charge in [0.1, 0.15) is 5.75 Å². The van der Waals surface area contributed by atoms with Crippen molar-refractivity contribution in [3.63, 3.8) is 0 Å². The first-order chi connectivity index (χ1) is 14.2. The average molecular weight is 395 g/mol. The van der Waals surface area contributed by atoms with Gasteiger partial charge in [-0.1, -0.05) is 50.1 Å². The van der Waals surface area contributed by atoms with E-state index in [-0.39, 0.29) is 11.8 Å². The lowest BCUT2D eigenvalue weighted by molar-refractivity contribution is 0.0651. The quantitative estimate of drug-likeness (QED) is 0.419. The molecule has 0 atom stereocenters. The summed E-state index contributed by atoms with van der Waals surface area (Å²) in [5.41, 5.74) is 2.28. The van der Waals surface area contributed by atoms with Gasteiger partial charge in [0.25, 0.3) is 11.8 Å². The van der Waals surface area contributed by atoms with Gasteiger partial charge in [-0.05, 0) is 44.1 Å². The number of carbonyl (C=O) groups excluding carboxylic acids is 2. The van der Waals surface area contributed by atoms with Gasteiger partial charge in [-0.15, -0.1) is 0 Å². The summed E-state index contributed by atoms with van der Waals surface area (Å²) in [6.07, 6.45) is 4.06. The summed E-state index contributed by atoms with van der Waals surface area (Å²) < 4.78 is 5.45. The summed E-state index contributed by atoms with van der Waals surface area (Å²) in [5, 5.41) is 0. The van der Waals surface area contributed by atoms with Crippen LogP contribution < -0.4 is 4.74 Å². The second kappa shape index (κ2) is 10.2. The Labute approximate surface area is 173 Å². The van der Waals surface area contributed by atoms with Gasteiger partial charge in [-0.2, -0.15) is 0 Å². The van der Waals surface area contributed by atoms with Gasteiger partial charge in [0.15, 0.2) is 0 Å². The van der Waals surface area contributed by atoms with Gasteiger partial charge in [-0.25, -0.2) is 0 Å². The molecule has 1 aliphatic heterocycles. The molecule has 1 aliphatic rings. The van der Waals surface area contributed by atoms with Crippen molar-refractivity contribution in [2.24, 2.45) is 0 Å². The molecule has 0 radical (unpaired) electrons. The Morgan fingerprint density at radius 3 is 2.14 bits per heavy atom. The van der Waals surface area contributed by atoms with Gasteiger partial charge < -0.3 is 4.74 Å². The predicted molar refractivity (Wildman–Crippen MR) is 114 cm³/mol. The Morgan fingerprint density at radius 2 is 1.48 bits per heavy atom. The van der Waals surface area contributed by atoms with Crippen LogP contribution in [0, 0.1) is 0 Å². The number of para-hydroxylation sites is 1. The highest BCUT2D eigenvalue weighted by molar-refractivity contribution is 6.21. The Kier molecular flexibility index (Phi) is 7.42. The molecule has 0 saturated carbocycles. The van der Waals surface area contributed by atoms with Crippen LogP contribution in [0.2, 0.25) is 0 Å². The van der Waals surface area contributed by atoms with Crippen LogP contribution in [0.3, 0.4) is 0 Å². The zero-order chi connectivity index (χ0) is 20.6. The summed E-state index contributed by atoms with van der Waals surface area (Å²) in [4.78, 5) is 28.6. The number of nitrogens with zero attached hydrogens (tertiary/aromatic N) is 2. The number of hydrogen-bond donors (Lipinski definition) is 0. The maximum atomic E-state index is 12.4. The van der Waals surface area contributed by atoms with Crippen LogP contribution >= 0.6 is 0 Å². The van der Waals surface area contributed by atoms with E-state index in [0.29, 0.717) is 17.7 Å². The summed E-state index contributed by atoms with van der Waals surface area (Å²) in [7, 11) is 1.71.